The summed E-state index contributed by atoms with van der Waals surface area (Å²) in [7, 11) is 0. The average molecular weight is 196 g/mol. The van der Waals surface area contributed by atoms with E-state index in [-0.39, 0.29) is 6.54 Å². The summed E-state index contributed by atoms with van der Waals surface area (Å²) in [6.45, 7) is 1.87. The van der Waals surface area contributed by atoms with Crippen LogP contribution in [0.2, 0.25) is 0 Å². The Morgan fingerprint density at radius 1 is 1.36 bits per heavy atom. The smallest absolute Gasteiger partial charge is 0.106 e. The zero-order valence-corrected chi connectivity index (χ0v) is 8.14. The van der Waals surface area contributed by atoms with E-state index in [0.29, 0.717) is 11.3 Å². The van der Waals surface area contributed by atoms with E-state index in [1.54, 1.807) is 18.2 Å². The minimum Gasteiger partial charge on any atom is -0.399 e. The molecule has 6 N–H and O–H groups in total. The van der Waals surface area contributed by atoms with Gasteiger partial charge in [-0.3, -0.25) is 0 Å². The Kier molecular flexibility index (Phi) is 3.46. The maximum absolute atomic E-state index is 9.71. The number of benzene rings is 1. The molecule has 14 heavy (non-hydrogen) atoms. The van der Waals surface area contributed by atoms with E-state index in [1.165, 1.54) is 0 Å². The lowest BCUT2D eigenvalue weighted by Gasteiger charge is -2.18. The first kappa shape index (κ1) is 11.0. The molecule has 0 radical (unpaired) electrons. The van der Waals surface area contributed by atoms with Gasteiger partial charge in [0, 0.05) is 12.2 Å². The molecule has 1 aromatic rings. The van der Waals surface area contributed by atoms with Crippen molar-refractivity contribution < 1.29 is 10.2 Å². The van der Waals surface area contributed by atoms with Gasteiger partial charge in [-0.1, -0.05) is 6.07 Å². The predicted molar refractivity (Wildman–Crippen MR) is 55.6 cm³/mol. The standard InChI is InChI=1S/C10H16N2O2/c1-6-2-3-7(12)4-8(6)10(14)9(13)5-11/h2-4,9-10,13-14H,5,11-12H2,1H3. The van der Waals surface area contributed by atoms with Gasteiger partial charge < -0.3 is 21.7 Å². The first-order valence-corrected chi connectivity index (χ1v) is 4.48. The quantitative estimate of drug-likeness (QED) is 0.509. The second-order valence-electron chi connectivity index (χ2n) is 3.36. The number of hydrogen-bond acceptors (Lipinski definition) is 4. The summed E-state index contributed by atoms with van der Waals surface area (Å²) in [5.41, 5.74) is 12.9. The molecule has 0 saturated carbocycles. The number of aliphatic hydroxyl groups excluding tert-OH is 2. The van der Waals surface area contributed by atoms with Gasteiger partial charge in [0.25, 0.3) is 0 Å². The molecule has 1 rings (SSSR count). The number of nitrogen functional groups attached to an aromatic ring is 1. The molecule has 4 nitrogen and oxygen atoms in total. The van der Waals surface area contributed by atoms with Crippen LogP contribution < -0.4 is 11.5 Å². The number of rotatable bonds is 3. The van der Waals surface area contributed by atoms with E-state index >= 15 is 0 Å². The monoisotopic (exact) mass is 196 g/mol. The van der Waals surface area contributed by atoms with Crippen LogP contribution in [0.4, 0.5) is 5.69 Å². The van der Waals surface area contributed by atoms with Crippen LogP contribution in [-0.2, 0) is 0 Å². The van der Waals surface area contributed by atoms with E-state index in [9.17, 15) is 10.2 Å². The zero-order valence-electron chi connectivity index (χ0n) is 8.14. The highest BCUT2D eigenvalue weighted by atomic mass is 16.3. The number of aliphatic hydroxyl groups is 2. The van der Waals surface area contributed by atoms with Crippen LogP contribution in [0.15, 0.2) is 18.2 Å². The highest BCUT2D eigenvalue weighted by Crippen LogP contribution is 2.22. The van der Waals surface area contributed by atoms with E-state index in [2.05, 4.69) is 0 Å². The first-order valence-electron chi connectivity index (χ1n) is 4.48. The van der Waals surface area contributed by atoms with Gasteiger partial charge >= 0.3 is 0 Å². The van der Waals surface area contributed by atoms with Gasteiger partial charge in [-0.05, 0) is 30.2 Å². The van der Waals surface area contributed by atoms with E-state index in [1.807, 2.05) is 6.92 Å². The maximum Gasteiger partial charge on any atom is 0.106 e. The van der Waals surface area contributed by atoms with Crippen molar-refractivity contribution in [3.8, 4) is 0 Å². The predicted octanol–water partition coefficient (Wildman–Crippen LogP) is -0.0698. The highest BCUT2D eigenvalue weighted by molar-refractivity contribution is 5.45. The molecule has 0 fully saturated rings. The number of aryl methyl sites for hydroxylation is 1. The fourth-order valence-electron chi connectivity index (χ4n) is 1.31. The van der Waals surface area contributed by atoms with Crippen molar-refractivity contribution in [1.29, 1.82) is 0 Å². The minimum absolute atomic E-state index is 0.0232. The third-order valence-electron chi connectivity index (χ3n) is 2.23. The molecular weight excluding hydrogens is 180 g/mol. The molecule has 0 aliphatic rings. The van der Waals surface area contributed by atoms with Crippen molar-refractivity contribution in [3.63, 3.8) is 0 Å². The normalized spacial score (nSPS) is 15.1. The maximum atomic E-state index is 9.71. The largest absolute Gasteiger partial charge is 0.399 e. The van der Waals surface area contributed by atoms with Gasteiger partial charge in [0.05, 0.1) is 6.10 Å². The average Bonchev–Trinajstić information content (AvgIpc) is 2.19. The fraction of sp³-hybridized carbons (Fsp3) is 0.400. The van der Waals surface area contributed by atoms with E-state index in [0.717, 1.165) is 5.56 Å². The van der Waals surface area contributed by atoms with Gasteiger partial charge in [-0.2, -0.15) is 0 Å². The third kappa shape index (κ3) is 2.23. The molecule has 0 heterocycles. The van der Waals surface area contributed by atoms with Crippen molar-refractivity contribution in [2.45, 2.75) is 19.1 Å². The Morgan fingerprint density at radius 3 is 2.57 bits per heavy atom. The summed E-state index contributed by atoms with van der Waals surface area (Å²) in [4.78, 5) is 0. The van der Waals surface area contributed by atoms with E-state index in [4.69, 9.17) is 11.5 Å². The second kappa shape index (κ2) is 4.41. The zero-order chi connectivity index (χ0) is 10.7. The summed E-state index contributed by atoms with van der Waals surface area (Å²) in [6.07, 6.45) is -1.92. The van der Waals surface area contributed by atoms with Crippen molar-refractivity contribution in [1.82, 2.24) is 0 Å². The Balaban J connectivity index is 2.99. The molecule has 0 spiro atoms. The van der Waals surface area contributed by atoms with Crippen LogP contribution in [0.1, 0.15) is 17.2 Å². The van der Waals surface area contributed by atoms with Gasteiger partial charge in [0.2, 0.25) is 0 Å². The van der Waals surface area contributed by atoms with Crippen LogP contribution in [0.25, 0.3) is 0 Å². The number of nitrogens with two attached hydrogens (primary N) is 2. The fourth-order valence-corrected chi connectivity index (χ4v) is 1.31. The summed E-state index contributed by atoms with van der Waals surface area (Å²) in [5, 5.41) is 19.1. The lowest BCUT2D eigenvalue weighted by Crippen LogP contribution is -2.27. The van der Waals surface area contributed by atoms with Crippen LogP contribution in [-0.4, -0.2) is 22.9 Å². The molecular formula is C10H16N2O2. The van der Waals surface area contributed by atoms with Gasteiger partial charge in [-0.15, -0.1) is 0 Å². The van der Waals surface area contributed by atoms with Crippen molar-refractivity contribution >= 4 is 5.69 Å². The Hall–Kier alpha value is -1.10. The molecule has 0 aliphatic carbocycles. The minimum atomic E-state index is -0.969. The third-order valence-corrected chi connectivity index (χ3v) is 2.23. The van der Waals surface area contributed by atoms with Crippen molar-refractivity contribution in [2.75, 3.05) is 12.3 Å². The molecule has 0 amide bonds. The summed E-state index contributed by atoms with van der Waals surface area (Å²) in [5.74, 6) is 0. The number of anilines is 1. The molecule has 1 aromatic carbocycles. The van der Waals surface area contributed by atoms with Crippen molar-refractivity contribution in [3.05, 3.63) is 29.3 Å². The second-order valence-corrected chi connectivity index (χ2v) is 3.36. The molecule has 2 atom stereocenters. The molecule has 0 aliphatic heterocycles. The van der Waals surface area contributed by atoms with Crippen molar-refractivity contribution in [2.24, 2.45) is 5.73 Å². The van der Waals surface area contributed by atoms with Gasteiger partial charge in [0.1, 0.15) is 6.10 Å². The Bertz CT molecular complexity index is 315. The summed E-state index contributed by atoms with van der Waals surface area (Å²) < 4.78 is 0. The van der Waals surface area contributed by atoms with Crippen LogP contribution in [0, 0.1) is 6.92 Å². The molecule has 4 heteroatoms. The lowest BCUT2D eigenvalue weighted by molar-refractivity contribution is 0.0240. The van der Waals surface area contributed by atoms with Crippen LogP contribution in [0.5, 0.6) is 0 Å². The molecule has 2 unspecified atom stereocenters. The highest BCUT2D eigenvalue weighted by Gasteiger charge is 2.18. The molecule has 0 saturated heterocycles. The SMILES string of the molecule is Cc1ccc(N)cc1C(O)C(O)CN. The molecule has 78 valence electrons. The van der Waals surface area contributed by atoms with Crippen LogP contribution in [0.3, 0.4) is 0 Å². The summed E-state index contributed by atoms with van der Waals surface area (Å²) >= 11 is 0. The Labute approximate surface area is 83.2 Å². The first-order chi connectivity index (χ1) is 6.56. The Morgan fingerprint density at radius 2 is 2.00 bits per heavy atom. The molecule has 0 aromatic heterocycles. The van der Waals surface area contributed by atoms with Crippen LogP contribution >= 0.6 is 0 Å². The van der Waals surface area contributed by atoms with E-state index < -0.39 is 12.2 Å². The topological polar surface area (TPSA) is 92.5 Å². The summed E-state index contributed by atoms with van der Waals surface area (Å²) in [6, 6.07) is 5.20. The van der Waals surface area contributed by atoms with Gasteiger partial charge in [0.15, 0.2) is 0 Å². The lowest BCUT2D eigenvalue weighted by atomic mass is 9.99. The number of hydrogen-bond donors (Lipinski definition) is 4. The molecule has 0 bridgehead atoms. The van der Waals surface area contributed by atoms with Gasteiger partial charge in [-0.25, -0.2) is 0 Å².